The fourth-order valence-electron chi connectivity index (χ4n) is 1.65. The van der Waals surface area contributed by atoms with Crippen LogP contribution in [0.25, 0.3) is 0 Å². The minimum absolute atomic E-state index is 0.429. The minimum Gasteiger partial charge on any atom is -0.328 e. The van der Waals surface area contributed by atoms with Crippen LogP contribution < -0.4 is 0 Å². The molecule has 1 rings (SSSR count). The highest BCUT2D eigenvalue weighted by Crippen LogP contribution is 2.30. The number of hydrogen-bond acceptors (Lipinski definition) is 6. The van der Waals surface area contributed by atoms with Crippen molar-refractivity contribution in [3.05, 3.63) is 4.91 Å². The highest BCUT2D eigenvalue weighted by Gasteiger charge is 2.32. The normalized spacial score (nSPS) is 23.9. The predicted octanol–water partition coefficient (Wildman–Crippen LogP) is 1.65. The molecule has 16 heavy (non-hydrogen) atoms. The highest BCUT2D eigenvalue weighted by molar-refractivity contribution is 7.38. The Morgan fingerprint density at radius 2 is 1.69 bits per heavy atom. The number of likely N-dealkylation sites (tertiary alicyclic amines) is 1. The van der Waals surface area contributed by atoms with Crippen molar-refractivity contribution in [2.45, 2.75) is 39.2 Å². The highest BCUT2D eigenvalue weighted by atomic mass is 31.2. The molecule has 98 valence electrons. The minimum atomic E-state index is -2.62. The number of nitroso groups, excluding NO2 is 1. The van der Waals surface area contributed by atoms with Gasteiger partial charge in [0.15, 0.2) is 0 Å². The van der Waals surface area contributed by atoms with Crippen LogP contribution in [0, 0.1) is 16.4 Å². The zero-order chi connectivity index (χ0) is 13.4. The summed E-state index contributed by atoms with van der Waals surface area (Å²) in [4.78, 5) is 31.7. The number of rotatable bonds is 0. The third kappa shape index (κ3) is 7.19. The predicted molar refractivity (Wildman–Crippen MR) is 64.8 cm³/mol. The lowest BCUT2D eigenvalue weighted by Gasteiger charge is -2.44. The van der Waals surface area contributed by atoms with Gasteiger partial charge in [-0.1, -0.05) is 12.5 Å². The van der Waals surface area contributed by atoms with E-state index in [1.54, 1.807) is 0 Å². The monoisotopic (exact) mass is 254 g/mol. The van der Waals surface area contributed by atoms with Crippen LogP contribution in [-0.2, 0) is 0 Å². The summed E-state index contributed by atoms with van der Waals surface area (Å²) in [6.45, 7) is 8.32. The van der Waals surface area contributed by atoms with Crippen molar-refractivity contribution in [2.75, 3.05) is 13.6 Å². The van der Waals surface area contributed by atoms with Crippen molar-refractivity contribution in [3.63, 3.8) is 0 Å². The van der Waals surface area contributed by atoms with E-state index in [2.05, 4.69) is 38.3 Å². The maximum atomic E-state index is 7.50. The van der Waals surface area contributed by atoms with Gasteiger partial charge in [0.1, 0.15) is 0 Å². The van der Waals surface area contributed by atoms with Crippen molar-refractivity contribution in [1.29, 1.82) is 5.59 Å². The zero-order valence-corrected chi connectivity index (χ0v) is 11.2. The molecule has 0 aromatic heterocycles. The molecule has 0 bridgehead atoms. The lowest BCUT2D eigenvalue weighted by atomic mass is 9.81. The van der Waals surface area contributed by atoms with E-state index in [1.165, 1.54) is 19.4 Å². The van der Waals surface area contributed by atoms with Gasteiger partial charge in [-0.05, 0) is 46.2 Å². The van der Waals surface area contributed by atoms with E-state index >= 15 is 0 Å². The van der Waals surface area contributed by atoms with Crippen LogP contribution in [-0.4, -0.2) is 38.7 Å². The molecule has 0 spiro atoms. The summed E-state index contributed by atoms with van der Waals surface area (Å²) in [6, 6.07) is 0. The van der Waals surface area contributed by atoms with Gasteiger partial charge in [0, 0.05) is 5.54 Å². The quantitative estimate of drug-likeness (QED) is 0.388. The molecule has 0 aromatic carbocycles. The second kappa shape index (κ2) is 8.96. The summed E-state index contributed by atoms with van der Waals surface area (Å²) >= 11 is 0. The molecule has 1 heterocycles. The molecule has 1 aliphatic rings. The van der Waals surface area contributed by atoms with Crippen LogP contribution in [0.1, 0.15) is 33.6 Å². The zero-order valence-electron chi connectivity index (χ0n) is 10.3. The largest absolute Gasteiger partial charge is 0.328 e. The van der Waals surface area contributed by atoms with Gasteiger partial charge in [-0.15, -0.1) is 0 Å². The van der Waals surface area contributed by atoms with Crippen molar-refractivity contribution < 1.29 is 14.7 Å². The fraction of sp³-hybridized carbons (Fsp3) is 1.00. The average molecular weight is 254 g/mol. The molecule has 1 unspecified atom stereocenters. The van der Waals surface area contributed by atoms with Gasteiger partial charge < -0.3 is 19.6 Å². The Hall–Kier alpha value is -0.130. The Bertz CT molecular complexity index is 166. The van der Waals surface area contributed by atoms with E-state index in [1.807, 2.05) is 0 Å². The Balaban J connectivity index is 0. The van der Waals surface area contributed by atoms with E-state index in [4.69, 9.17) is 19.6 Å². The van der Waals surface area contributed by atoms with Crippen LogP contribution in [0.5, 0.6) is 0 Å². The summed E-state index contributed by atoms with van der Waals surface area (Å²) in [5.74, 6) is 0.853. The molecular formula is C9H23N2O4P. The molecule has 1 saturated heterocycles. The SMILES string of the molecule is CC1CCCN(C)C1(C)C.N=O.OP(O)O. The van der Waals surface area contributed by atoms with E-state index in [-0.39, 0.29) is 0 Å². The van der Waals surface area contributed by atoms with Crippen LogP contribution in [0.3, 0.4) is 0 Å². The third-order valence-corrected chi connectivity index (χ3v) is 3.32. The molecule has 0 aliphatic carbocycles. The summed E-state index contributed by atoms with van der Waals surface area (Å²) < 4.78 is 0. The van der Waals surface area contributed by atoms with E-state index in [0.29, 0.717) is 5.54 Å². The summed E-state index contributed by atoms with van der Waals surface area (Å²) in [5, 5.41) is 0. The molecule has 7 heteroatoms. The molecule has 6 nitrogen and oxygen atoms in total. The standard InChI is InChI=1S/C9H19N.HNO.H3O3P/c1-8-6-5-7-10(4)9(8,2)3;1-2;1-4(2)3/h8H,5-7H2,1-4H3;1H;1-3H. The van der Waals surface area contributed by atoms with Crippen LogP contribution >= 0.6 is 8.60 Å². The van der Waals surface area contributed by atoms with Crippen molar-refractivity contribution in [2.24, 2.45) is 5.92 Å². The van der Waals surface area contributed by atoms with Crippen LogP contribution in [0.2, 0.25) is 0 Å². The van der Waals surface area contributed by atoms with E-state index in [0.717, 1.165) is 5.92 Å². The molecule has 4 N–H and O–H groups in total. The first-order valence-electron chi connectivity index (χ1n) is 5.07. The Morgan fingerprint density at radius 1 is 1.31 bits per heavy atom. The molecule has 1 atom stereocenters. The first-order chi connectivity index (χ1) is 7.28. The molecule has 0 amide bonds. The lowest BCUT2D eigenvalue weighted by Crippen LogP contribution is -2.49. The van der Waals surface area contributed by atoms with Crippen molar-refractivity contribution in [1.82, 2.24) is 4.90 Å². The lowest BCUT2D eigenvalue weighted by molar-refractivity contribution is 0.0547. The van der Waals surface area contributed by atoms with Gasteiger partial charge in [-0.25, -0.2) is 0 Å². The van der Waals surface area contributed by atoms with Gasteiger partial charge >= 0.3 is 8.60 Å². The van der Waals surface area contributed by atoms with Crippen LogP contribution in [0.4, 0.5) is 0 Å². The summed E-state index contributed by atoms with van der Waals surface area (Å²) in [5.41, 5.74) is 4.93. The van der Waals surface area contributed by atoms with Gasteiger partial charge in [-0.3, -0.25) is 0 Å². The van der Waals surface area contributed by atoms with Crippen molar-refractivity contribution >= 4 is 8.60 Å². The van der Waals surface area contributed by atoms with E-state index in [9.17, 15) is 0 Å². The van der Waals surface area contributed by atoms with Crippen molar-refractivity contribution in [3.8, 4) is 0 Å². The Morgan fingerprint density at radius 3 is 1.94 bits per heavy atom. The fourth-order valence-corrected chi connectivity index (χ4v) is 1.65. The molecule has 1 fully saturated rings. The molecule has 0 aromatic rings. The van der Waals surface area contributed by atoms with Gasteiger partial charge in [0.05, 0.1) is 0 Å². The first-order valence-corrected chi connectivity index (χ1v) is 6.27. The number of piperidine rings is 1. The molecule has 0 radical (unpaired) electrons. The maximum Gasteiger partial charge on any atom is 0.324 e. The van der Waals surface area contributed by atoms with Gasteiger partial charge in [0.25, 0.3) is 0 Å². The number of nitrogens with one attached hydrogen (secondary N) is 1. The maximum absolute atomic E-state index is 7.50. The second-order valence-corrected chi connectivity index (χ2v) is 4.92. The molecule has 0 saturated carbocycles. The number of nitrogens with zero attached hydrogens (tertiary/aromatic N) is 1. The van der Waals surface area contributed by atoms with E-state index < -0.39 is 8.60 Å². The van der Waals surface area contributed by atoms with Gasteiger partial charge in [0.2, 0.25) is 0 Å². The van der Waals surface area contributed by atoms with Crippen LogP contribution in [0.15, 0.2) is 0 Å². The third-order valence-electron chi connectivity index (χ3n) is 3.32. The smallest absolute Gasteiger partial charge is 0.324 e. The first kappa shape index (κ1) is 18.2. The number of hydrogen-bond donors (Lipinski definition) is 4. The van der Waals surface area contributed by atoms with Gasteiger partial charge in [-0.2, -0.15) is 4.91 Å². The Labute approximate surface area is 98.1 Å². The average Bonchev–Trinajstić information content (AvgIpc) is 2.17. The Kier molecular flexibility index (Phi) is 10.2. The topological polar surface area (TPSA) is 105 Å². The molecule has 1 aliphatic heterocycles. The summed E-state index contributed by atoms with van der Waals surface area (Å²) in [6.07, 6.45) is 2.78. The molecular weight excluding hydrogens is 231 g/mol. The second-order valence-electron chi connectivity index (χ2n) is 4.39. The summed E-state index contributed by atoms with van der Waals surface area (Å²) in [7, 11) is -0.389.